The summed E-state index contributed by atoms with van der Waals surface area (Å²) in [5, 5.41) is 3.74. The molecule has 3 rings (SSSR count). The molecule has 2 aromatic rings. The lowest BCUT2D eigenvalue weighted by Crippen LogP contribution is -2.38. The lowest BCUT2D eigenvalue weighted by atomic mass is 9.91. The molecular formula is C16H22N2S. The van der Waals surface area contributed by atoms with E-state index >= 15 is 0 Å². The predicted octanol–water partition coefficient (Wildman–Crippen LogP) is 3.60. The standard InChI is InChI=1S/C16H22N2S/c1-18(14-8-6-13(17)7-9-14)10-12-11-19-16-5-3-2-4-15(12)16/h2-5,11,13-14H,6-10,17H2,1H3. The first-order chi connectivity index (χ1) is 9.24. The van der Waals surface area contributed by atoms with E-state index in [4.69, 9.17) is 5.73 Å². The fourth-order valence-electron chi connectivity index (χ4n) is 3.10. The van der Waals surface area contributed by atoms with E-state index in [1.165, 1.54) is 41.3 Å². The van der Waals surface area contributed by atoms with Crippen molar-refractivity contribution in [3.63, 3.8) is 0 Å². The van der Waals surface area contributed by atoms with Gasteiger partial charge in [0, 0.05) is 23.3 Å². The zero-order chi connectivity index (χ0) is 13.2. The second kappa shape index (κ2) is 5.61. The van der Waals surface area contributed by atoms with Gasteiger partial charge in [-0.2, -0.15) is 0 Å². The summed E-state index contributed by atoms with van der Waals surface area (Å²) in [5.41, 5.74) is 7.46. The maximum Gasteiger partial charge on any atom is 0.0346 e. The summed E-state index contributed by atoms with van der Waals surface area (Å²) in [7, 11) is 2.26. The van der Waals surface area contributed by atoms with Gasteiger partial charge in [-0.05, 0) is 55.1 Å². The Balaban J connectivity index is 1.70. The maximum absolute atomic E-state index is 5.99. The third-order valence-electron chi connectivity index (χ3n) is 4.35. The lowest BCUT2D eigenvalue weighted by molar-refractivity contribution is 0.177. The molecule has 1 aromatic carbocycles. The van der Waals surface area contributed by atoms with E-state index in [1.54, 1.807) is 0 Å². The van der Waals surface area contributed by atoms with Crippen molar-refractivity contribution in [3.8, 4) is 0 Å². The molecule has 2 N–H and O–H groups in total. The van der Waals surface area contributed by atoms with E-state index in [0.717, 1.165) is 6.54 Å². The molecule has 0 atom stereocenters. The molecule has 0 radical (unpaired) electrons. The number of hydrogen-bond donors (Lipinski definition) is 1. The minimum absolute atomic E-state index is 0.437. The molecule has 0 bridgehead atoms. The topological polar surface area (TPSA) is 29.3 Å². The fraction of sp³-hybridized carbons (Fsp3) is 0.500. The average molecular weight is 274 g/mol. The molecule has 0 unspecified atom stereocenters. The van der Waals surface area contributed by atoms with Crippen molar-refractivity contribution in [2.45, 2.75) is 44.3 Å². The van der Waals surface area contributed by atoms with Crippen molar-refractivity contribution >= 4 is 21.4 Å². The van der Waals surface area contributed by atoms with E-state index in [-0.39, 0.29) is 0 Å². The Hall–Kier alpha value is -0.900. The zero-order valence-corrected chi connectivity index (χ0v) is 12.3. The number of nitrogens with zero attached hydrogens (tertiary/aromatic N) is 1. The monoisotopic (exact) mass is 274 g/mol. The quantitative estimate of drug-likeness (QED) is 0.926. The molecule has 1 aromatic heterocycles. The molecule has 0 spiro atoms. The molecule has 19 heavy (non-hydrogen) atoms. The Morgan fingerprint density at radius 1 is 1.21 bits per heavy atom. The Kier molecular flexibility index (Phi) is 3.87. The van der Waals surface area contributed by atoms with Crippen LogP contribution >= 0.6 is 11.3 Å². The SMILES string of the molecule is CN(Cc1csc2ccccc12)C1CCC(N)CC1. The number of nitrogens with two attached hydrogens (primary N) is 1. The van der Waals surface area contributed by atoms with Crippen LogP contribution in [0.25, 0.3) is 10.1 Å². The highest BCUT2D eigenvalue weighted by Gasteiger charge is 2.22. The molecule has 1 heterocycles. The van der Waals surface area contributed by atoms with Crippen LogP contribution in [0, 0.1) is 0 Å². The van der Waals surface area contributed by atoms with Gasteiger partial charge >= 0.3 is 0 Å². The first kappa shape index (κ1) is 13.1. The fourth-order valence-corrected chi connectivity index (χ4v) is 4.05. The second-order valence-electron chi connectivity index (χ2n) is 5.74. The van der Waals surface area contributed by atoms with Gasteiger partial charge < -0.3 is 5.73 Å². The van der Waals surface area contributed by atoms with Gasteiger partial charge in [0.25, 0.3) is 0 Å². The summed E-state index contributed by atoms with van der Waals surface area (Å²) in [4.78, 5) is 2.51. The van der Waals surface area contributed by atoms with Gasteiger partial charge in [-0.15, -0.1) is 11.3 Å². The minimum atomic E-state index is 0.437. The van der Waals surface area contributed by atoms with Crippen LogP contribution in [-0.2, 0) is 6.54 Å². The van der Waals surface area contributed by atoms with Crippen molar-refractivity contribution in [1.29, 1.82) is 0 Å². The van der Waals surface area contributed by atoms with Crippen molar-refractivity contribution in [1.82, 2.24) is 4.90 Å². The van der Waals surface area contributed by atoms with Crippen LogP contribution in [0.15, 0.2) is 29.6 Å². The first-order valence-electron chi connectivity index (χ1n) is 7.15. The number of hydrogen-bond acceptors (Lipinski definition) is 3. The molecule has 1 fully saturated rings. The minimum Gasteiger partial charge on any atom is -0.328 e. The van der Waals surface area contributed by atoms with Crippen molar-refractivity contribution in [2.24, 2.45) is 5.73 Å². The highest BCUT2D eigenvalue weighted by atomic mass is 32.1. The zero-order valence-electron chi connectivity index (χ0n) is 11.5. The predicted molar refractivity (Wildman–Crippen MR) is 83.5 cm³/mol. The van der Waals surface area contributed by atoms with Gasteiger partial charge in [0.05, 0.1) is 0 Å². The van der Waals surface area contributed by atoms with Crippen molar-refractivity contribution in [3.05, 3.63) is 35.2 Å². The largest absolute Gasteiger partial charge is 0.328 e. The Bertz CT molecular complexity index is 540. The number of rotatable bonds is 3. The van der Waals surface area contributed by atoms with Crippen molar-refractivity contribution in [2.75, 3.05) is 7.05 Å². The average Bonchev–Trinajstić information content (AvgIpc) is 2.83. The van der Waals surface area contributed by atoms with Crippen LogP contribution in [0.4, 0.5) is 0 Å². The van der Waals surface area contributed by atoms with E-state index in [1.807, 2.05) is 11.3 Å². The summed E-state index contributed by atoms with van der Waals surface area (Å²) in [6.07, 6.45) is 4.86. The van der Waals surface area contributed by atoms with Crippen LogP contribution < -0.4 is 5.73 Å². The second-order valence-corrected chi connectivity index (χ2v) is 6.65. The molecule has 0 aliphatic heterocycles. The Labute approximate surface area is 119 Å². The molecular weight excluding hydrogens is 252 g/mol. The summed E-state index contributed by atoms with van der Waals surface area (Å²) < 4.78 is 1.40. The normalized spacial score (nSPS) is 24.2. The first-order valence-corrected chi connectivity index (χ1v) is 8.03. The van der Waals surface area contributed by atoms with Gasteiger partial charge in [0.2, 0.25) is 0 Å². The summed E-state index contributed by atoms with van der Waals surface area (Å²) in [6.45, 7) is 1.06. The molecule has 1 aliphatic carbocycles. The Morgan fingerprint density at radius 3 is 2.74 bits per heavy atom. The molecule has 1 saturated carbocycles. The lowest BCUT2D eigenvalue weighted by Gasteiger charge is -2.33. The molecule has 1 aliphatic rings. The van der Waals surface area contributed by atoms with Crippen LogP contribution in [0.5, 0.6) is 0 Å². The van der Waals surface area contributed by atoms with Gasteiger partial charge in [-0.25, -0.2) is 0 Å². The van der Waals surface area contributed by atoms with Gasteiger partial charge in [-0.1, -0.05) is 18.2 Å². The van der Waals surface area contributed by atoms with Crippen LogP contribution in [0.2, 0.25) is 0 Å². The highest BCUT2D eigenvalue weighted by molar-refractivity contribution is 7.17. The summed E-state index contributed by atoms with van der Waals surface area (Å²) in [6, 6.07) is 9.85. The van der Waals surface area contributed by atoms with E-state index < -0.39 is 0 Å². The van der Waals surface area contributed by atoms with Crippen molar-refractivity contribution < 1.29 is 0 Å². The van der Waals surface area contributed by atoms with E-state index in [0.29, 0.717) is 12.1 Å². The van der Waals surface area contributed by atoms with E-state index in [2.05, 4.69) is 41.6 Å². The Morgan fingerprint density at radius 2 is 1.95 bits per heavy atom. The van der Waals surface area contributed by atoms with Gasteiger partial charge in [-0.3, -0.25) is 4.90 Å². The maximum atomic E-state index is 5.99. The molecule has 3 heteroatoms. The van der Waals surface area contributed by atoms with Crippen LogP contribution in [0.1, 0.15) is 31.2 Å². The van der Waals surface area contributed by atoms with E-state index in [9.17, 15) is 0 Å². The third kappa shape index (κ3) is 2.83. The number of fused-ring (bicyclic) bond motifs is 1. The third-order valence-corrected chi connectivity index (χ3v) is 5.36. The molecule has 0 amide bonds. The molecule has 0 saturated heterocycles. The van der Waals surface area contributed by atoms with Crippen LogP contribution in [0.3, 0.4) is 0 Å². The van der Waals surface area contributed by atoms with Crippen LogP contribution in [-0.4, -0.2) is 24.0 Å². The smallest absolute Gasteiger partial charge is 0.0346 e. The molecule has 2 nitrogen and oxygen atoms in total. The highest BCUT2D eigenvalue weighted by Crippen LogP contribution is 2.28. The number of benzene rings is 1. The summed E-state index contributed by atoms with van der Waals surface area (Å²) >= 11 is 1.86. The molecule has 102 valence electrons. The number of thiophene rings is 1. The van der Waals surface area contributed by atoms with Gasteiger partial charge in [0.1, 0.15) is 0 Å². The van der Waals surface area contributed by atoms with Gasteiger partial charge in [0.15, 0.2) is 0 Å². The summed E-state index contributed by atoms with van der Waals surface area (Å²) in [5.74, 6) is 0.